The van der Waals surface area contributed by atoms with Crippen molar-refractivity contribution in [1.82, 2.24) is 4.90 Å². The van der Waals surface area contributed by atoms with Gasteiger partial charge in [0.15, 0.2) is 0 Å². The van der Waals surface area contributed by atoms with E-state index in [-0.39, 0.29) is 11.9 Å². The molecule has 0 N–H and O–H groups in total. The van der Waals surface area contributed by atoms with Crippen molar-refractivity contribution in [2.75, 3.05) is 20.2 Å². The van der Waals surface area contributed by atoms with Crippen LogP contribution in [0.15, 0.2) is 0 Å². The van der Waals surface area contributed by atoms with Gasteiger partial charge in [0.2, 0.25) is 5.91 Å². The molecule has 0 rings (SSSR count). The third-order valence-corrected chi connectivity index (χ3v) is 3.94. The summed E-state index contributed by atoms with van der Waals surface area (Å²) >= 11 is 0. The van der Waals surface area contributed by atoms with Crippen molar-refractivity contribution in [2.24, 2.45) is 0 Å². The molecule has 0 aromatic heterocycles. The van der Waals surface area contributed by atoms with Gasteiger partial charge in [-0.2, -0.15) is 0 Å². The molecule has 0 aliphatic rings. The Labute approximate surface area is 136 Å². The van der Waals surface area contributed by atoms with Crippen molar-refractivity contribution in [3.63, 3.8) is 0 Å². The van der Waals surface area contributed by atoms with E-state index in [4.69, 9.17) is 0 Å². The molecule has 0 spiro atoms. The zero-order chi connectivity index (χ0) is 16.6. The zero-order valence-electron chi connectivity index (χ0n) is 14.9. The Hall–Kier alpha value is -1.06. The van der Waals surface area contributed by atoms with Gasteiger partial charge in [-0.1, -0.05) is 58.8 Å². The number of ether oxygens (including phenoxy) is 1. The number of hydrogen-bond donors (Lipinski definition) is 0. The molecular formula is C18H35NO3. The molecule has 0 heterocycles. The molecule has 1 amide bonds. The SMILES string of the molecule is CCCCCCCCCC(=O)N(CCCC)CCC(=O)OC. The second kappa shape index (κ2) is 14.9. The van der Waals surface area contributed by atoms with Crippen LogP contribution in [-0.2, 0) is 14.3 Å². The van der Waals surface area contributed by atoms with Gasteiger partial charge >= 0.3 is 5.97 Å². The van der Waals surface area contributed by atoms with Gasteiger partial charge in [-0.3, -0.25) is 9.59 Å². The van der Waals surface area contributed by atoms with Gasteiger partial charge in [0, 0.05) is 19.5 Å². The van der Waals surface area contributed by atoms with E-state index < -0.39 is 0 Å². The number of nitrogens with zero attached hydrogens (tertiary/aromatic N) is 1. The predicted octanol–water partition coefficient (Wildman–Crippen LogP) is 4.32. The summed E-state index contributed by atoms with van der Waals surface area (Å²) in [5.74, 6) is -0.0591. The maximum Gasteiger partial charge on any atom is 0.307 e. The van der Waals surface area contributed by atoms with Crippen molar-refractivity contribution in [1.29, 1.82) is 0 Å². The highest BCUT2D eigenvalue weighted by Crippen LogP contribution is 2.10. The summed E-state index contributed by atoms with van der Waals surface area (Å²) in [5, 5.41) is 0. The number of hydrogen-bond acceptors (Lipinski definition) is 3. The minimum Gasteiger partial charge on any atom is -0.469 e. The highest BCUT2D eigenvalue weighted by atomic mass is 16.5. The molecule has 4 nitrogen and oxygen atoms in total. The fourth-order valence-corrected chi connectivity index (χ4v) is 2.43. The van der Waals surface area contributed by atoms with Crippen molar-refractivity contribution in [3.8, 4) is 0 Å². The van der Waals surface area contributed by atoms with E-state index in [1.165, 1.54) is 39.2 Å². The molecule has 0 bridgehead atoms. The van der Waals surface area contributed by atoms with E-state index in [9.17, 15) is 9.59 Å². The Morgan fingerprint density at radius 2 is 1.36 bits per heavy atom. The van der Waals surface area contributed by atoms with Crippen LogP contribution in [0.1, 0.15) is 84.5 Å². The number of carbonyl (C=O) groups excluding carboxylic acids is 2. The van der Waals surface area contributed by atoms with Crippen LogP contribution in [0.4, 0.5) is 0 Å². The molecule has 4 heteroatoms. The molecule has 0 radical (unpaired) electrons. The third kappa shape index (κ3) is 11.6. The predicted molar refractivity (Wildman–Crippen MR) is 90.7 cm³/mol. The first kappa shape index (κ1) is 20.9. The molecule has 0 fully saturated rings. The zero-order valence-corrected chi connectivity index (χ0v) is 14.9. The molecule has 0 aromatic carbocycles. The van der Waals surface area contributed by atoms with Crippen molar-refractivity contribution in [3.05, 3.63) is 0 Å². The number of carbonyl (C=O) groups is 2. The van der Waals surface area contributed by atoms with Gasteiger partial charge in [-0.05, 0) is 12.8 Å². The normalized spacial score (nSPS) is 10.5. The van der Waals surface area contributed by atoms with E-state index in [1.807, 2.05) is 4.90 Å². The number of amides is 1. The number of unbranched alkanes of at least 4 members (excludes halogenated alkanes) is 7. The van der Waals surface area contributed by atoms with Crippen LogP contribution < -0.4 is 0 Å². The topological polar surface area (TPSA) is 46.6 Å². The highest BCUT2D eigenvalue weighted by Gasteiger charge is 2.14. The molecule has 0 unspecified atom stereocenters. The second-order valence-corrected chi connectivity index (χ2v) is 5.93. The maximum atomic E-state index is 12.3. The van der Waals surface area contributed by atoms with Crippen LogP contribution in [-0.4, -0.2) is 37.0 Å². The monoisotopic (exact) mass is 313 g/mol. The van der Waals surface area contributed by atoms with Gasteiger partial charge in [0.25, 0.3) is 0 Å². The van der Waals surface area contributed by atoms with Crippen molar-refractivity contribution < 1.29 is 14.3 Å². The summed E-state index contributed by atoms with van der Waals surface area (Å²) < 4.78 is 4.65. The molecule has 0 atom stereocenters. The third-order valence-electron chi connectivity index (χ3n) is 3.94. The number of esters is 1. The standard InChI is InChI=1S/C18H35NO3/c1-4-6-8-9-10-11-12-13-17(20)19(15-7-5-2)16-14-18(21)22-3/h4-16H2,1-3H3. The first-order valence-electron chi connectivity index (χ1n) is 9.00. The molecule has 0 saturated carbocycles. The Morgan fingerprint density at radius 1 is 0.773 bits per heavy atom. The van der Waals surface area contributed by atoms with E-state index in [0.29, 0.717) is 19.4 Å². The minimum atomic E-state index is -0.245. The van der Waals surface area contributed by atoms with Crippen LogP contribution in [0.2, 0.25) is 0 Å². The van der Waals surface area contributed by atoms with E-state index >= 15 is 0 Å². The molecule has 0 aromatic rings. The molecular weight excluding hydrogens is 278 g/mol. The minimum absolute atomic E-state index is 0.186. The second-order valence-electron chi connectivity index (χ2n) is 5.93. The first-order chi connectivity index (χ1) is 10.7. The summed E-state index contributed by atoms with van der Waals surface area (Å²) in [6.07, 6.45) is 11.5. The Kier molecular flexibility index (Phi) is 14.1. The smallest absolute Gasteiger partial charge is 0.307 e. The van der Waals surface area contributed by atoms with Gasteiger partial charge in [-0.15, -0.1) is 0 Å². The fourth-order valence-electron chi connectivity index (χ4n) is 2.43. The van der Waals surface area contributed by atoms with E-state index in [2.05, 4.69) is 18.6 Å². The average Bonchev–Trinajstić information content (AvgIpc) is 2.53. The van der Waals surface area contributed by atoms with Gasteiger partial charge < -0.3 is 9.64 Å². The summed E-state index contributed by atoms with van der Waals surface area (Å²) in [7, 11) is 1.39. The summed E-state index contributed by atoms with van der Waals surface area (Å²) in [6, 6.07) is 0. The van der Waals surface area contributed by atoms with Crippen LogP contribution in [0, 0.1) is 0 Å². The number of rotatable bonds is 14. The van der Waals surface area contributed by atoms with Crippen LogP contribution in [0.3, 0.4) is 0 Å². The van der Waals surface area contributed by atoms with E-state index in [1.54, 1.807) is 0 Å². The molecule has 130 valence electrons. The van der Waals surface area contributed by atoms with Gasteiger partial charge in [0.05, 0.1) is 13.5 Å². The lowest BCUT2D eigenvalue weighted by atomic mass is 10.1. The Bertz CT molecular complexity index is 292. The Balaban J connectivity index is 3.92. The van der Waals surface area contributed by atoms with Crippen LogP contribution in [0.25, 0.3) is 0 Å². The van der Waals surface area contributed by atoms with Gasteiger partial charge in [-0.25, -0.2) is 0 Å². The quantitative estimate of drug-likeness (QED) is 0.354. The maximum absolute atomic E-state index is 12.3. The Morgan fingerprint density at radius 3 is 1.95 bits per heavy atom. The van der Waals surface area contributed by atoms with Crippen molar-refractivity contribution >= 4 is 11.9 Å². The van der Waals surface area contributed by atoms with Gasteiger partial charge in [0.1, 0.15) is 0 Å². The molecule has 22 heavy (non-hydrogen) atoms. The highest BCUT2D eigenvalue weighted by molar-refractivity contribution is 5.77. The lowest BCUT2D eigenvalue weighted by Crippen LogP contribution is -2.33. The summed E-state index contributed by atoms with van der Waals surface area (Å²) in [4.78, 5) is 25.3. The van der Waals surface area contributed by atoms with Crippen LogP contribution in [0.5, 0.6) is 0 Å². The first-order valence-corrected chi connectivity index (χ1v) is 9.00. The lowest BCUT2D eigenvalue weighted by molar-refractivity contribution is -0.141. The number of methoxy groups -OCH3 is 1. The molecule has 0 aliphatic heterocycles. The lowest BCUT2D eigenvalue weighted by Gasteiger charge is -2.22. The molecule has 0 aliphatic carbocycles. The van der Waals surface area contributed by atoms with Crippen LogP contribution >= 0.6 is 0 Å². The van der Waals surface area contributed by atoms with E-state index in [0.717, 1.165) is 32.2 Å². The van der Waals surface area contributed by atoms with Crippen molar-refractivity contribution in [2.45, 2.75) is 84.5 Å². The summed E-state index contributed by atoms with van der Waals surface area (Å²) in [6.45, 7) is 5.57. The fraction of sp³-hybridized carbons (Fsp3) is 0.889. The average molecular weight is 313 g/mol. The summed E-state index contributed by atoms with van der Waals surface area (Å²) in [5.41, 5.74) is 0. The largest absolute Gasteiger partial charge is 0.469 e. The molecule has 0 saturated heterocycles.